The van der Waals surface area contributed by atoms with Gasteiger partial charge < -0.3 is 10.1 Å². The van der Waals surface area contributed by atoms with Crippen LogP contribution in [0.25, 0.3) is 11.1 Å². The zero-order valence-corrected chi connectivity index (χ0v) is 13.8. The molecule has 3 rings (SSSR count). The summed E-state index contributed by atoms with van der Waals surface area (Å²) in [6, 6.07) is 10.9. The average Bonchev–Trinajstić information content (AvgIpc) is 3.23. The van der Waals surface area contributed by atoms with E-state index in [9.17, 15) is 14.4 Å². The number of carbonyl (C=O) groups is 3. The highest BCUT2D eigenvalue weighted by molar-refractivity contribution is 7.12. The molecule has 2 aromatic rings. The summed E-state index contributed by atoms with van der Waals surface area (Å²) in [5.41, 5.74) is 1.67. The largest absolute Gasteiger partial charge is 0.448 e. The fourth-order valence-corrected chi connectivity index (χ4v) is 3.28. The van der Waals surface area contributed by atoms with Crippen molar-refractivity contribution in [3.05, 3.63) is 46.7 Å². The molecule has 6 nitrogen and oxygen atoms in total. The predicted octanol–water partition coefficient (Wildman–Crippen LogP) is 2.51. The second kappa shape index (κ2) is 6.84. The smallest absolute Gasteiger partial charge is 0.349 e. The van der Waals surface area contributed by atoms with E-state index in [2.05, 4.69) is 5.32 Å². The highest BCUT2D eigenvalue weighted by atomic mass is 32.1. The Balaban J connectivity index is 1.73. The first-order valence-corrected chi connectivity index (χ1v) is 8.39. The zero-order valence-electron chi connectivity index (χ0n) is 13.0. The Kier molecular flexibility index (Phi) is 4.61. The Labute approximate surface area is 143 Å². The van der Waals surface area contributed by atoms with Crippen LogP contribution in [0.2, 0.25) is 0 Å². The third kappa shape index (κ3) is 3.16. The molecule has 2 heterocycles. The van der Waals surface area contributed by atoms with Crippen molar-refractivity contribution in [3.8, 4) is 11.1 Å². The molecule has 7 heteroatoms. The van der Waals surface area contributed by atoms with Crippen LogP contribution in [-0.2, 0) is 9.53 Å². The SMILES string of the molecule is C[C@@H](OC(=O)c1sccc1-c1ccccc1)C(=O)N1CCNC1=O. The molecule has 1 fully saturated rings. The number of rotatable bonds is 4. The molecule has 0 saturated carbocycles. The molecular weight excluding hydrogens is 328 g/mol. The van der Waals surface area contributed by atoms with Crippen LogP contribution in [0.3, 0.4) is 0 Å². The van der Waals surface area contributed by atoms with Gasteiger partial charge in [-0.3, -0.25) is 9.69 Å². The molecule has 0 unspecified atom stereocenters. The van der Waals surface area contributed by atoms with E-state index in [-0.39, 0.29) is 6.54 Å². The summed E-state index contributed by atoms with van der Waals surface area (Å²) in [7, 11) is 0. The topological polar surface area (TPSA) is 75.7 Å². The van der Waals surface area contributed by atoms with Gasteiger partial charge in [-0.05, 0) is 23.9 Å². The molecule has 1 N–H and O–H groups in total. The van der Waals surface area contributed by atoms with Gasteiger partial charge in [0.25, 0.3) is 5.91 Å². The van der Waals surface area contributed by atoms with E-state index in [0.29, 0.717) is 11.4 Å². The number of benzene rings is 1. The van der Waals surface area contributed by atoms with Crippen LogP contribution in [0.4, 0.5) is 4.79 Å². The average molecular weight is 344 g/mol. The van der Waals surface area contributed by atoms with Crippen molar-refractivity contribution < 1.29 is 19.1 Å². The molecule has 1 atom stereocenters. The Morgan fingerprint density at radius 1 is 1.25 bits per heavy atom. The summed E-state index contributed by atoms with van der Waals surface area (Å²) in [4.78, 5) is 37.7. The first-order valence-electron chi connectivity index (χ1n) is 7.51. The molecule has 1 aliphatic heterocycles. The van der Waals surface area contributed by atoms with Crippen LogP contribution in [0, 0.1) is 0 Å². The number of carbonyl (C=O) groups excluding carboxylic acids is 3. The van der Waals surface area contributed by atoms with Crippen LogP contribution < -0.4 is 5.32 Å². The van der Waals surface area contributed by atoms with Crippen LogP contribution in [-0.4, -0.2) is 42.0 Å². The molecule has 1 saturated heterocycles. The van der Waals surface area contributed by atoms with Gasteiger partial charge in [0, 0.05) is 18.7 Å². The lowest BCUT2D eigenvalue weighted by atomic mass is 10.1. The summed E-state index contributed by atoms with van der Waals surface area (Å²) in [6.07, 6.45) is -1.02. The first-order chi connectivity index (χ1) is 11.6. The van der Waals surface area contributed by atoms with Crippen molar-refractivity contribution >= 4 is 29.2 Å². The lowest BCUT2D eigenvalue weighted by molar-refractivity contribution is -0.135. The van der Waals surface area contributed by atoms with E-state index >= 15 is 0 Å². The van der Waals surface area contributed by atoms with Crippen molar-refractivity contribution in [2.45, 2.75) is 13.0 Å². The minimum Gasteiger partial charge on any atom is -0.448 e. The lowest BCUT2D eigenvalue weighted by Gasteiger charge is -2.18. The minimum atomic E-state index is -1.02. The maximum absolute atomic E-state index is 12.4. The van der Waals surface area contributed by atoms with Gasteiger partial charge in [-0.2, -0.15) is 0 Å². The number of amides is 3. The van der Waals surface area contributed by atoms with Crippen molar-refractivity contribution in [3.63, 3.8) is 0 Å². The van der Waals surface area contributed by atoms with Crippen LogP contribution in [0.1, 0.15) is 16.6 Å². The standard InChI is InChI=1S/C17H16N2O4S/c1-11(15(20)19-9-8-18-17(19)22)23-16(21)14-13(7-10-24-14)12-5-3-2-4-6-12/h2-7,10-11H,8-9H2,1H3,(H,18,22)/t11-/m1/s1. The minimum absolute atomic E-state index is 0.286. The number of esters is 1. The Bertz CT molecular complexity index is 772. The van der Waals surface area contributed by atoms with Crippen LogP contribution in [0.15, 0.2) is 41.8 Å². The summed E-state index contributed by atoms with van der Waals surface area (Å²) >= 11 is 1.26. The number of nitrogens with one attached hydrogen (secondary N) is 1. The number of nitrogens with zero attached hydrogens (tertiary/aromatic N) is 1. The van der Waals surface area contributed by atoms with Gasteiger partial charge in [-0.1, -0.05) is 30.3 Å². The van der Waals surface area contributed by atoms with Gasteiger partial charge in [-0.25, -0.2) is 9.59 Å². The Morgan fingerprint density at radius 3 is 2.67 bits per heavy atom. The molecule has 0 spiro atoms. The normalized spacial score (nSPS) is 15.0. The number of urea groups is 1. The van der Waals surface area contributed by atoms with E-state index in [1.54, 1.807) is 5.38 Å². The molecule has 0 radical (unpaired) electrons. The number of hydrogen-bond donors (Lipinski definition) is 1. The van der Waals surface area contributed by atoms with Crippen LogP contribution in [0.5, 0.6) is 0 Å². The van der Waals surface area contributed by atoms with Gasteiger partial charge in [-0.15, -0.1) is 11.3 Å². The van der Waals surface area contributed by atoms with E-state index in [0.717, 1.165) is 16.0 Å². The monoisotopic (exact) mass is 344 g/mol. The fourth-order valence-electron chi connectivity index (χ4n) is 2.48. The van der Waals surface area contributed by atoms with E-state index in [4.69, 9.17) is 4.74 Å². The van der Waals surface area contributed by atoms with Crippen molar-refractivity contribution in [1.29, 1.82) is 0 Å². The molecule has 1 aromatic carbocycles. The molecule has 0 bridgehead atoms. The quantitative estimate of drug-likeness (QED) is 0.865. The lowest BCUT2D eigenvalue weighted by Crippen LogP contribution is -2.41. The molecular formula is C17H16N2O4S. The van der Waals surface area contributed by atoms with Gasteiger partial charge in [0.15, 0.2) is 6.10 Å². The number of hydrogen-bond acceptors (Lipinski definition) is 5. The first kappa shape index (κ1) is 16.2. The highest BCUT2D eigenvalue weighted by Gasteiger charge is 2.32. The maximum Gasteiger partial charge on any atom is 0.349 e. The summed E-state index contributed by atoms with van der Waals surface area (Å²) in [6.45, 7) is 2.17. The number of ether oxygens (including phenoxy) is 1. The molecule has 3 amide bonds. The summed E-state index contributed by atoms with van der Waals surface area (Å²) in [5, 5.41) is 4.35. The molecule has 1 aliphatic rings. The third-order valence-electron chi connectivity index (χ3n) is 3.69. The predicted molar refractivity (Wildman–Crippen MR) is 89.7 cm³/mol. The Morgan fingerprint density at radius 2 is 2.00 bits per heavy atom. The fraction of sp³-hybridized carbons (Fsp3) is 0.235. The molecule has 124 valence electrons. The molecule has 1 aromatic heterocycles. The third-order valence-corrected chi connectivity index (χ3v) is 4.58. The second-order valence-electron chi connectivity index (χ2n) is 5.30. The Hall–Kier alpha value is -2.67. The number of thiophene rings is 1. The van der Waals surface area contributed by atoms with Gasteiger partial charge in [0.05, 0.1) is 0 Å². The molecule has 0 aliphatic carbocycles. The van der Waals surface area contributed by atoms with Crippen molar-refractivity contribution in [2.24, 2.45) is 0 Å². The summed E-state index contributed by atoms with van der Waals surface area (Å²) in [5.74, 6) is -1.08. The second-order valence-corrected chi connectivity index (χ2v) is 6.21. The van der Waals surface area contributed by atoms with E-state index < -0.39 is 24.0 Å². The maximum atomic E-state index is 12.4. The molecule has 24 heavy (non-hydrogen) atoms. The van der Waals surface area contributed by atoms with Crippen LogP contribution >= 0.6 is 11.3 Å². The van der Waals surface area contributed by atoms with Crippen molar-refractivity contribution in [2.75, 3.05) is 13.1 Å². The van der Waals surface area contributed by atoms with Gasteiger partial charge in [0.2, 0.25) is 0 Å². The highest BCUT2D eigenvalue weighted by Crippen LogP contribution is 2.29. The number of imide groups is 1. The van der Waals surface area contributed by atoms with Crippen molar-refractivity contribution in [1.82, 2.24) is 10.2 Å². The summed E-state index contributed by atoms with van der Waals surface area (Å²) < 4.78 is 5.28. The zero-order chi connectivity index (χ0) is 17.1. The van der Waals surface area contributed by atoms with Gasteiger partial charge >= 0.3 is 12.0 Å². The van der Waals surface area contributed by atoms with E-state index in [1.807, 2.05) is 36.4 Å². The van der Waals surface area contributed by atoms with E-state index in [1.165, 1.54) is 18.3 Å². The van der Waals surface area contributed by atoms with Gasteiger partial charge in [0.1, 0.15) is 4.88 Å².